The van der Waals surface area contributed by atoms with E-state index in [2.05, 4.69) is 16.0 Å². The highest BCUT2D eigenvalue weighted by Gasteiger charge is 2.27. The van der Waals surface area contributed by atoms with Gasteiger partial charge in [0.05, 0.1) is 18.4 Å². The highest BCUT2D eigenvalue weighted by atomic mass is 16.5. The molecule has 2 aromatic rings. The van der Waals surface area contributed by atoms with Gasteiger partial charge in [0.25, 0.3) is 5.91 Å². The van der Waals surface area contributed by atoms with Crippen molar-refractivity contribution in [2.24, 2.45) is 0 Å². The highest BCUT2D eigenvalue weighted by Crippen LogP contribution is 2.27. The topological polar surface area (TPSA) is 120 Å². The number of amides is 2. The van der Waals surface area contributed by atoms with Crippen LogP contribution >= 0.6 is 0 Å². The lowest BCUT2D eigenvalue weighted by atomic mass is 10.00. The number of benzene rings is 2. The summed E-state index contributed by atoms with van der Waals surface area (Å²) < 4.78 is 5.24. The molecule has 0 aromatic heterocycles. The number of carbonyl (C=O) groups excluding carboxylic acids is 3. The van der Waals surface area contributed by atoms with Crippen LogP contribution in [0.25, 0.3) is 0 Å². The molecule has 0 aliphatic carbocycles. The molecule has 2 aliphatic rings. The van der Waals surface area contributed by atoms with E-state index in [1.165, 1.54) is 12.3 Å². The molecule has 2 aromatic carbocycles. The SMILES string of the molecule is CCNc1cc(C(=O)N[C@@H](Cc2ccccc2)[C@H](O)CNCC2OC=CC2=O)cc(N2CCCC2=O)c1. The van der Waals surface area contributed by atoms with Gasteiger partial charge in [-0.25, -0.2) is 0 Å². The second-order valence-corrected chi connectivity index (χ2v) is 9.27. The molecular weight excluding hydrogens is 472 g/mol. The molecule has 4 rings (SSSR count). The second kappa shape index (κ2) is 12.5. The van der Waals surface area contributed by atoms with Gasteiger partial charge in [0.15, 0.2) is 11.9 Å². The van der Waals surface area contributed by atoms with Crippen molar-refractivity contribution in [2.45, 2.75) is 44.4 Å². The number of nitrogens with zero attached hydrogens (tertiary/aromatic N) is 1. The van der Waals surface area contributed by atoms with Gasteiger partial charge < -0.3 is 30.7 Å². The Balaban J connectivity index is 1.49. The molecule has 37 heavy (non-hydrogen) atoms. The Bertz CT molecular complexity index is 1140. The first-order valence-corrected chi connectivity index (χ1v) is 12.7. The van der Waals surface area contributed by atoms with Crippen LogP contribution in [-0.4, -0.2) is 67.1 Å². The number of anilines is 2. The number of aliphatic hydroxyl groups is 1. The first-order valence-electron chi connectivity index (χ1n) is 12.7. The summed E-state index contributed by atoms with van der Waals surface area (Å²) in [6, 6.07) is 14.4. The van der Waals surface area contributed by atoms with Crippen molar-refractivity contribution in [3.8, 4) is 0 Å². The van der Waals surface area contributed by atoms with E-state index in [0.29, 0.717) is 37.2 Å². The fraction of sp³-hybridized carbons (Fsp3) is 0.393. The van der Waals surface area contributed by atoms with Crippen molar-refractivity contribution >= 4 is 29.0 Å². The lowest BCUT2D eigenvalue weighted by Gasteiger charge is -2.26. The predicted molar refractivity (Wildman–Crippen MR) is 141 cm³/mol. The Morgan fingerprint density at radius 2 is 2.00 bits per heavy atom. The molecule has 9 nitrogen and oxygen atoms in total. The maximum absolute atomic E-state index is 13.4. The standard InChI is InChI=1S/C28H34N4O5/c1-2-30-21-14-20(15-22(16-21)32-11-6-9-27(32)35)28(36)31-23(13-19-7-4-3-5-8-19)25(34)17-29-18-26-24(33)10-12-37-26/h3-5,7-8,10,12,14-16,23,25-26,29-30,34H,2,6,9,11,13,17-18H2,1H3,(H,31,36)/t23-,25+,26?/m0/s1. The van der Waals surface area contributed by atoms with Crippen LogP contribution in [0.15, 0.2) is 60.9 Å². The molecule has 0 saturated carbocycles. The zero-order valence-corrected chi connectivity index (χ0v) is 21.0. The van der Waals surface area contributed by atoms with E-state index >= 15 is 0 Å². The van der Waals surface area contributed by atoms with Crippen LogP contribution in [-0.2, 0) is 20.7 Å². The number of hydrogen-bond donors (Lipinski definition) is 4. The second-order valence-electron chi connectivity index (χ2n) is 9.27. The van der Waals surface area contributed by atoms with E-state index in [1.54, 1.807) is 17.0 Å². The van der Waals surface area contributed by atoms with Gasteiger partial charge in [-0.05, 0) is 43.5 Å². The number of carbonyl (C=O) groups is 3. The predicted octanol–water partition coefficient (Wildman–Crippen LogP) is 2.02. The van der Waals surface area contributed by atoms with E-state index < -0.39 is 18.2 Å². The largest absolute Gasteiger partial charge is 0.488 e. The van der Waals surface area contributed by atoms with Gasteiger partial charge in [-0.1, -0.05) is 30.3 Å². The molecule has 4 N–H and O–H groups in total. The molecule has 1 saturated heterocycles. The molecule has 2 amide bonds. The van der Waals surface area contributed by atoms with E-state index in [1.807, 2.05) is 43.3 Å². The molecule has 2 heterocycles. The van der Waals surface area contributed by atoms with E-state index in [9.17, 15) is 19.5 Å². The van der Waals surface area contributed by atoms with Gasteiger partial charge >= 0.3 is 0 Å². The molecule has 196 valence electrons. The summed E-state index contributed by atoms with van der Waals surface area (Å²) >= 11 is 0. The molecule has 0 radical (unpaired) electrons. The third-order valence-corrected chi connectivity index (χ3v) is 6.50. The Labute approximate surface area is 216 Å². The van der Waals surface area contributed by atoms with Crippen LogP contribution in [0.5, 0.6) is 0 Å². The van der Waals surface area contributed by atoms with Gasteiger partial charge in [0.1, 0.15) is 0 Å². The smallest absolute Gasteiger partial charge is 0.251 e. The zero-order valence-electron chi connectivity index (χ0n) is 21.0. The third-order valence-electron chi connectivity index (χ3n) is 6.50. The van der Waals surface area contributed by atoms with Crippen molar-refractivity contribution in [3.63, 3.8) is 0 Å². The number of rotatable bonds is 12. The summed E-state index contributed by atoms with van der Waals surface area (Å²) in [6.45, 7) is 3.68. The lowest BCUT2D eigenvalue weighted by Crippen LogP contribution is -2.49. The number of ether oxygens (including phenoxy) is 1. The van der Waals surface area contributed by atoms with E-state index in [0.717, 1.165) is 17.7 Å². The van der Waals surface area contributed by atoms with Crippen molar-refractivity contribution in [2.75, 3.05) is 36.4 Å². The molecule has 0 bridgehead atoms. The Morgan fingerprint density at radius 3 is 2.68 bits per heavy atom. The molecular formula is C28H34N4O5. The first-order chi connectivity index (χ1) is 17.9. The van der Waals surface area contributed by atoms with Crippen LogP contribution in [0.3, 0.4) is 0 Å². The highest BCUT2D eigenvalue weighted by molar-refractivity contribution is 6.00. The molecule has 1 unspecified atom stereocenters. The van der Waals surface area contributed by atoms with Crippen molar-refractivity contribution in [3.05, 3.63) is 72.0 Å². The van der Waals surface area contributed by atoms with Gasteiger partial charge in [-0.3, -0.25) is 14.4 Å². The van der Waals surface area contributed by atoms with Crippen LogP contribution in [0.2, 0.25) is 0 Å². The zero-order chi connectivity index (χ0) is 26.2. The van der Waals surface area contributed by atoms with Crippen LogP contribution in [0, 0.1) is 0 Å². The maximum Gasteiger partial charge on any atom is 0.251 e. The van der Waals surface area contributed by atoms with Gasteiger partial charge in [0.2, 0.25) is 5.91 Å². The van der Waals surface area contributed by atoms with Crippen molar-refractivity contribution in [1.82, 2.24) is 10.6 Å². The van der Waals surface area contributed by atoms with Crippen LogP contribution in [0.1, 0.15) is 35.7 Å². The molecule has 3 atom stereocenters. The summed E-state index contributed by atoms with van der Waals surface area (Å²) in [7, 11) is 0. The average Bonchev–Trinajstić information content (AvgIpc) is 3.51. The van der Waals surface area contributed by atoms with Gasteiger partial charge in [-0.2, -0.15) is 0 Å². The number of ketones is 1. The Hall–Kier alpha value is -3.69. The third kappa shape index (κ3) is 6.96. The minimum atomic E-state index is -0.926. The summed E-state index contributed by atoms with van der Waals surface area (Å²) in [5, 5.41) is 20.3. The maximum atomic E-state index is 13.4. The van der Waals surface area contributed by atoms with Gasteiger partial charge in [0, 0.05) is 55.6 Å². The average molecular weight is 507 g/mol. The van der Waals surface area contributed by atoms with E-state index in [4.69, 9.17) is 4.74 Å². The molecule has 0 spiro atoms. The fourth-order valence-electron chi connectivity index (χ4n) is 4.56. The van der Waals surface area contributed by atoms with Crippen molar-refractivity contribution in [1.29, 1.82) is 0 Å². The minimum absolute atomic E-state index is 0.0448. The Morgan fingerprint density at radius 1 is 1.19 bits per heavy atom. The molecule has 2 aliphatic heterocycles. The summed E-state index contributed by atoms with van der Waals surface area (Å²) in [5.41, 5.74) is 2.81. The van der Waals surface area contributed by atoms with Gasteiger partial charge in [-0.15, -0.1) is 0 Å². The summed E-state index contributed by atoms with van der Waals surface area (Å²) in [5.74, 6) is -0.418. The Kier molecular flexibility index (Phi) is 8.92. The van der Waals surface area contributed by atoms with Crippen LogP contribution in [0.4, 0.5) is 11.4 Å². The quantitative estimate of drug-likeness (QED) is 0.348. The molecule has 9 heteroatoms. The minimum Gasteiger partial charge on any atom is -0.488 e. The summed E-state index contributed by atoms with van der Waals surface area (Å²) in [6.07, 6.45) is 2.93. The number of hydrogen-bond acceptors (Lipinski definition) is 7. The first kappa shape index (κ1) is 26.4. The van der Waals surface area contributed by atoms with E-state index in [-0.39, 0.29) is 30.7 Å². The van der Waals surface area contributed by atoms with Crippen molar-refractivity contribution < 1.29 is 24.2 Å². The fourth-order valence-corrected chi connectivity index (χ4v) is 4.56. The summed E-state index contributed by atoms with van der Waals surface area (Å²) in [4.78, 5) is 39.2. The van der Waals surface area contributed by atoms with Crippen LogP contribution < -0.4 is 20.9 Å². The lowest BCUT2D eigenvalue weighted by molar-refractivity contribution is -0.120. The monoisotopic (exact) mass is 506 g/mol. The normalized spacial score (nSPS) is 18.5. The number of aliphatic hydroxyl groups excluding tert-OH is 1. The molecule has 1 fully saturated rings. The number of nitrogens with one attached hydrogen (secondary N) is 3.